The molecule has 0 aliphatic heterocycles. The number of rotatable bonds is 6. The zero-order valence-electron chi connectivity index (χ0n) is 32.2. The maximum atomic E-state index is 2.53. The Morgan fingerprint density at radius 2 is 1.19 bits per heavy atom. The van der Waals surface area contributed by atoms with Crippen molar-refractivity contribution in [3.05, 3.63) is 223 Å². The van der Waals surface area contributed by atoms with Gasteiger partial charge in [0.2, 0.25) is 0 Å². The predicted octanol–water partition coefficient (Wildman–Crippen LogP) is 14.7. The molecule has 0 amide bonds. The Balaban J connectivity index is 0.988. The van der Waals surface area contributed by atoms with Gasteiger partial charge in [0, 0.05) is 44.7 Å². The van der Waals surface area contributed by atoms with E-state index in [-0.39, 0.29) is 11.3 Å². The third-order valence-corrected chi connectivity index (χ3v) is 12.5. The fraction of sp³-hybridized carbons (Fsp3) is 0.0909. The molecule has 0 saturated carbocycles. The molecule has 2 nitrogen and oxygen atoms in total. The van der Waals surface area contributed by atoms with Gasteiger partial charge in [0.05, 0.1) is 16.7 Å². The van der Waals surface area contributed by atoms with Crippen LogP contribution >= 0.6 is 0 Å². The summed E-state index contributed by atoms with van der Waals surface area (Å²) in [5.41, 5.74) is 16.4. The van der Waals surface area contributed by atoms with Gasteiger partial charge in [-0.2, -0.15) is 0 Å². The zero-order chi connectivity index (χ0) is 38.1. The number of aromatic nitrogens is 1. The van der Waals surface area contributed by atoms with E-state index in [0.717, 1.165) is 12.1 Å². The Morgan fingerprint density at radius 1 is 0.561 bits per heavy atom. The van der Waals surface area contributed by atoms with Gasteiger partial charge in [0.25, 0.3) is 0 Å². The summed E-state index contributed by atoms with van der Waals surface area (Å²) in [5.74, 6) is 0.268. The lowest BCUT2D eigenvalue weighted by atomic mass is 9.82. The third-order valence-electron chi connectivity index (χ3n) is 12.5. The Bertz CT molecular complexity index is 3010. The summed E-state index contributed by atoms with van der Waals surface area (Å²) in [6.07, 6.45) is 7.85. The second kappa shape index (κ2) is 13.1. The van der Waals surface area contributed by atoms with Crippen LogP contribution in [0.25, 0.3) is 60.5 Å². The molecule has 1 aromatic heterocycles. The smallest absolute Gasteiger partial charge is 0.0541 e. The Hall–Kier alpha value is -6.90. The van der Waals surface area contributed by atoms with Crippen LogP contribution in [0.2, 0.25) is 0 Å². The van der Waals surface area contributed by atoms with Crippen molar-refractivity contribution in [1.29, 1.82) is 0 Å². The molecule has 1 atom stereocenters. The molecule has 0 N–H and O–H groups in total. The SMILES string of the molecule is CC1(C)c2ccccc2-c2c(N(C3=CC=CC(c4ccc5ccccc5c4)C3)c3ccc(-c4ccc(-n5c6ccccc6c6ccccc65)cc4)cc3)cccc21. The summed E-state index contributed by atoms with van der Waals surface area (Å²) in [6, 6.07) is 67.1. The maximum Gasteiger partial charge on any atom is 0.0541 e. The fourth-order valence-electron chi connectivity index (χ4n) is 9.68. The lowest BCUT2D eigenvalue weighted by molar-refractivity contribution is 0.660. The Morgan fingerprint density at radius 3 is 1.95 bits per heavy atom. The minimum absolute atomic E-state index is 0.0860. The van der Waals surface area contributed by atoms with Gasteiger partial charge < -0.3 is 9.47 Å². The molecule has 1 unspecified atom stereocenters. The minimum atomic E-state index is -0.0860. The molecule has 1 heterocycles. The van der Waals surface area contributed by atoms with Gasteiger partial charge in [-0.15, -0.1) is 0 Å². The number of hydrogen-bond donors (Lipinski definition) is 0. The van der Waals surface area contributed by atoms with Crippen LogP contribution in [0, 0.1) is 0 Å². The van der Waals surface area contributed by atoms with Crippen LogP contribution in [0.3, 0.4) is 0 Å². The van der Waals surface area contributed by atoms with E-state index in [0.29, 0.717) is 0 Å². The van der Waals surface area contributed by atoms with E-state index in [2.05, 4.69) is 224 Å². The average molecular weight is 731 g/mol. The molecule has 272 valence electrons. The summed E-state index contributed by atoms with van der Waals surface area (Å²) < 4.78 is 2.38. The number of anilines is 2. The fourth-order valence-corrected chi connectivity index (χ4v) is 9.68. The molecule has 0 fully saturated rings. The highest BCUT2D eigenvalue weighted by Gasteiger charge is 2.38. The van der Waals surface area contributed by atoms with E-state index in [1.54, 1.807) is 0 Å². The van der Waals surface area contributed by atoms with Gasteiger partial charge in [0.15, 0.2) is 0 Å². The maximum absolute atomic E-state index is 2.53. The van der Waals surface area contributed by atoms with Crippen molar-refractivity contribution in [2.75, 3.05) is 4.90 Å². The highest BCUT2D eigenvalue weighted by Crippen LogP contribution is 2.54. The number of para-hydroxylation sites is 2. The first kappa shape index (κ1) is 33.4. The number of hydrogen-bond acceptors (Lipinski definition) is 1. The van der Waals surface area contributed by atoms with Crippen LogP contribution in [0.15, 0.2) is 206 Å². The van der Waals surface area contributed by atoms with Crippen LogP contribution < -0.4 is 4.90 Å². The first-order chi connectivity index (χ1) is 28.0. The first-order valence-electron chi connectivity index (χ1n) is 20.1. The molecule has 2 heteroatoms. The highest BCUT2D eigenvalue weighted by atomic mass is 15.2. The quantitative estimate of drug-likeness (QED) is 0.165. The molecule has 0 spiro atoms. The van der Waals surface area contributed by atoms with E-state index in [1.165, 1.54) is 88.6 Å². The second-order valence-corrected chi connectivity index (χ2v) is 16.1. The van der Waals surface area contributed by atoms with E-state index in [1.807, 2.05) is 0 Å². The molecular formula is C55H42N2. The molecule has 9 aromatic rings. The third kappa shape index (κ3) is 5.39. The summed E-state index contributed by atoms with van der Waals surface area (Å²) >= 11 is 0. The molecular weight excluding hydrogens is 689 g/mol. The monoisotopic (exact) mass is 730 g/mol. The standard InChI is InChI=1S/C55H42N2/c1-55(2)49-20-8-5-19-48(49)54-50(55)21-12-24-53(54)56(45-16-11-15-41(36-45)42-26-25-37-13-3-4-14-40(37)35-42)43-31-27-38(28-32-43)39-29-33-44(34-30-39)57-51-22-9-6-17-46(51)47-18-7-10-23-52(47)57/h3-35,41H,36H2,1-2H3. The van der Waals surface area contributed by atoms with Crippen LogP contribution in [0.1, 0.15) is 42.9 Å². The Labute approximate surface area is 334 Å². The Kier molecular flexibility index (Phi) is 7.69. The molecule has 2 aliphatic carbocycles. The van der Waals surface area contributed by atoms with Gasteiger partial charge in [-0.1, -0.05) is 166 Å². The van der Waals surface area contributed by atoms with Crippen LogP contribution in [0.5, 0.6) is 0 Å². The number of allylic oxidation sites excluding steroid dienone is 4. The first-order valence-corrected chi connectivity index (χ1v) is 20.1. The molecule has 0 radical (unpaired) electrons. The van der Waals surface area contributed by atoms with Gasteiger partial charge in [-0.25, -0.2) is 0 Å². The van der Waals surface area contributed by atoms with Gasteiger partial charge in [-0.05, 0) is 99.1 Å². The summed E-state index contributed by atoms with van der Waals surface area (Å²) in [5, 5.41) is 5.12. The van der Waals surface area contributed by atoms with E-state index < -0.39 is 0 Å². The molecule has 2 aliphatic rings. The average Bonchev–Trinajstić information content (AvgIpc) is 3.73. The minimum Gasteiger partial charge on any atom is -0.314 e. The van der Waals surface area contributed by atoms with Crippen molar-refractivity contribution in [3.8, 4) is 27.9 Å². The van der Waals surface area contributed by atoms with Crippen molar-refractivity contribution >= 4 is 44.0 Å². The van der Waals surface area contributed by atoms with E-state index in [4.69, 9.17) is 0 Å². The van der Waals surface area contributed by atoms with Crippen molar-refractivity contribution < 1.29 is 0 Å². The van der Waals surface area contributed by atoms with Crippen LogP contribution in [-0.4, -0.2) is 4.57 Å². The number of nitrogens with zero attached hydrogens (tertiary/aromatic N) is 2. The lowest BCUT2D eigenvalue weighted by Gasteiger charge is -2.33. The van der Waals surface area contributed by atoms with Gasteiger partial charge in [0.1, 0.15) is 0 Å². The van der Waals surface area contributed by atoms with E-state index >= 15 is 0 Å². The number of fused-ring (bicyclic) bond motifs is 7. The van der Waals surface area contributed by atoms with Crippen molar-refractivity contribution in [2.45, 2.75) is 31.6 Å². The highest BCUT2D eigenvalue weighted by molar-refractivity contribution is 6.09. The van der Waals surface area contributed by atoms with Crippen LogP contribution in [-0.2, 0) is 5.41 Å². The van der Waals surface area contributed by atoms with Crippen molar-refractivity contribution in [1.82, 2.24) is 4.57 Å². The van der Waals surface area contributed by atoms with Crippen LogP contribution in [0.4, 0.5) is 11.4 Å². The predicted molar refractivity (Wildman–Crippen MR) is 241 cm³/mol. The summed E-state index contributed by atoms with van der Waals surface area (Å²) in [6.45, 7) is 4.73. The summed E-state index contributed by atoms with van der Waals surface area (Å²) in [4.78, 5) is 2.53. The molecule has 0 saturated heterocycles. The number of benzene rings is 8. The van der Waals surface area contributed by atoms with Crippen molar-refractivity contribution in [2.24, 2.45) is 0 Å². The molecule has 57 heavy (non-hydrogen) atoms. The second-order valence-electron chi connectivity index (χ2n) is 16.1. The van der Waals surface area contributed by atoms with Crippen molar-refractivity contribution in [3.63, 3.8) is 0 Å². The largest absolute Gasteiger partial charge is 0.314 e. The lowest BCUT2D eigenvalue weighted by Crippen LogP contribution is -2.21. The zero-order valence-corrected chi connectivity index (χ0v) is 32.2. The normalized spacial score (nSPS) is 15.5. The molecule has 11 rings (SSSR count). The topological polar surface area (TPSA) is 8.17 Å². The van der Waals surface area contributed by atoms with Gasteiger partial charge >= 0.3 is 0 Å². The molecule has 0 bridgehead atoms. The molecule has 8 aromatic carbocycles. The van der Waals surface area contributed by atoms with Gasteiger partial charge in [-0.3, -0.25) is 0 Å². The van der Waals surface area contributed by atoms with E-state index in [9.17, 15) is 0 Å². The summed E-state index contributed by atoms with van der Waals surface area (Å²) in [7, 11) is 0.